The predicted molar refractivity (Wildman–Crippen MR) is 81.3 cm³/mol. The van der Waals surface area contributed by atoms with Gasteiger partial charge in [0.05, 0.1) is 10.0 Å². The van der Waals surface area contributed by atoms with Crippen molar-refractivity contribution in [3.05, 3.63) is 63.9 Å². The van der Waals surface area contributed by atoms with E-state index in [1.165, 1.54) is 6.07 Å². The number of hydrogen-bond donors (Lipinski definition) is 2. The number of hydrogen-bond acceptors (Lipinski definition) is 2. The third kappa shape index (κ3) is 3.23. The molecule has 3 nitrogen and oxygen atoms in total. The van der Waals surface area contributed by atoms with E-state index in [1.54, 1.807) is 18.2 Å². The topological polar surface area (TPSA) is 41.1 Å². The van der Waals surface area contributed by atoms with Crippen molar-refractivity contribution in [1.82, 2.24) is 5.32 Å². The van der Waals surface area contributed by atoms with Gasteiger partial charge in [0.15, 0.2) is 0 Å². The lowest BCUT2D eigenvalue weighted by Crippen LogP contribution is -2.16. The average Bonchev–Trinajstić information content (AvgIpc) is 2.44. The monoisotopic (exact) mass is 336 g/mol. The summed E-state index contributed by atoms with van der Waals surface area (Å²) >= 11 is 3.07. The Balaban J connectivity index is 2.26. The molecule has 0 bridgehead atoms. The van der Waals surface area contributed by atoms with Crippen molar-refractivity contribution >= 4 is 27.5 Å². The number of anilines is 1. The summed E-state index contributed by atoms with van der Waals surface area (Å²) in [6.45, 7) is 0.622. The van der Waals surface area contributed by atoms with E-state index in [0.717, 1.165) is 5.56 Å². The van der Waals surface area contributed by atoms with Gasteiger partial charge in [0.2, 0.25) is 0 Å². The van der Waals surface area contributed by atoms with Gasteiger partial charge in [-0.25, -0.2) is 4.39 Å². The summed E-state index contributed by atoms with van der Waals surface area (Å²) in [6.07, 6.45) is 0. The van der Waals surface area contributed by atoms with Crippen LogP contribution in [0.2, 0.25) is 0 Å². The fourth-order valence-corrected chi connectivity index (χ4v) is 2.22. The Morgan fingerprint density at radius 3 is 2.70 bits per heavy atom. The smallest absolute Gasteiger partial charge is 0.258 e. The minimum atomic E-state index is -0.559. The predicted octanol–water partition coefficient (Wildman–Crippen LogP) is 3.56. The van der Waals surface area contributed by atoms with Gasteiger partial charge in [-0.2, -0.15) is 0 Å². The van der Waals surface area contributed by atoms with Crippen LogP contribution in [-0.2, 0) is 6.54 Å². The van der Waals surface area contributed by atoms with E-state index in [2.05, 4.69) is 26.6 Å². The molecule has 0 aliphatic rings. The molecule has 0 aromatic heterocycles. The normalized spacial score (nSPS) is 10.3. The lowest BCUT2D eigenvalue weighted by molar-refractivity contribution is 0.102. The maximum Gasteiger partial charge on any atom is 0.258 e. The fourth-order valence-electron chi connectivity index (χ4n) is 1.86. The van der Waals surface area contributed by atoms with E-state index >= 15 is 0 Å². The second kappa shape index (κ2) is 6.63. The number of carbonyl (C=O) groups is 1. The van der Waals surface area contributed by atoms with Crippen molar-refractivity contribution < 1.29 is 9.18 Å². The molecular weight excluding hydrogens is 323 g/mol. The first-order valence-electron chi connectivity index (χ1n) is 6.11. The van der Waals surface area contributed by atoms with Crippen molar-refractivity contribution in [2.24, 2.45) is 0 Å². The van der Waals surface area contributed by atoms with E-state index in [1.807, 2.05) is 25.2 Å². The third-order valence-corrected chi connectivity index (χ3v) is 3.44. The quantitative estimate of drug-likeness (QED) is 0.896. The van der Waals surface area contributed by atoms with E-state index in [9.17, 15) is 9.18 Å². The van der Waals surface area contributed by atoms with Gasteiger partial charge >= 0.3 is 0 Å². The number of halogens is 2. The molecule has 0 radical (unpaired) electrons. The van der Waals surface area contributed by atoms with E-state index < -0.39 is 11.7 Å². The second-order valence-electron chi connectivity index (χ2n) is 4.24. The van der Waals surface area contributed by atoms with Gasteiger partial charge in [-0.15, -0.1) is 0 Å². The van der Waals surface area contributed by atoms with Gasteiger partial charge in [0, 0.05) is 12.2 Å². The van der Waals surface area contributed by atoms with Gasteiger partial charge in [0.1, 0.15) is 5.82 Å². The molecule has 0 heterocycles. The first-order chi connectivity index (χ1) is 9.63. The molecule has 0 saturated heterocycles. The standard InChI is InChI=1S/C15H14BrFN2O/c1-18-9-10-5-2-3-8-13(10)19-15(20)11-6-4-7-12(16)14(11)17/h2-8,18H,9H2,1H3,(H,19,20). The zero-order valence-corrected chi connectivity index (χ0v) is 12.5. The van der Waals surface area contributed by atoms with E-state index in [0.29, 0.717) is 12.2 Å². The zero-order chi connectivity index (χ0) is 14.5. The average molecular weight is 337 g/mol. The number of carbonyl (C=O) groups excluding carboxylic acids is 1. The van der Waals surface area contributed by atoms with Crippen molar-refractivity contribution in [1.29, 1.82) is 0 Å². The molecule has 20 heavy (non-hydrogen) atoms. The van der Waals surface area contributed by atoms with Crippen LogP contribution in [0.3, 0.4) is 0 Å². The van der Waals surface area contributed by atoms with E-state index in [4.69, 9.17) is 0 Å². The number of benzene rings is 2. The maximum atomic E-state index is 13.9. The number of nitrogens with one attached hydrogen (secondary N) is 2. The molecule has 2 N–H and O–H groups in total. The Morgan fingerprint density at radius 2 is 1.95 bits per heavy atom. The molecule has 2 aromatic rings. The Labute approximate surface area is 125 Å². The van der Waals surface area contributed by atoms with Crippen molar-refractivity contribution in [3.63, 3.8) is 0 Å². The zero-order valence-electron chi connectivity index (χ0n) is 10.9. The number of amides is 1. The van der Waals surface area contributed by atoms with Crippen LogP contribution in [0.15, 0.2) is 46.9 Å². The second-order valence-corrected chi connectivity index (χ2v) is 5.10. The third-order valence-electron chi connectivity index (χ3n) is 2.83. The highest BCUT2D eigenvalue weighted by molar-refractivity contribution is 9.10. The summed E-state index contributed by atoms with van der Waals surface area (Å²) < 4.78 is 14.2. The van der Waals surface area contributed by atoms with Crippen molar-refractivity contribution in [2.45, 2.75) is 6.54 Å². The van der Waals surface area contributed by atoms with Crippen LogP contribution < -0.4 is 10.6 Å². The molecule has 0 saturated carbocycles. The molecule has 5 heteroatoms. The molecule has 1 amide bonds. The van der Waals surface area contributed by atoms with E-state index in [-0.39, 0.29) is 10.0 Å². The lowest BCUT2D eigenvalue weighted by atomic mass is 10.1. The van der Waals surface area contributed by atoms with Gasteiger partial charge in [-0.05, 0) is 46.7 Å². The summed E-state index contributed by atoms with van der Waals surface area (Å²) in [4.78, 5) is 12.2. The minimum absolute atomic E-state index is 0.0126. The molecule has 2 aromatic carbocycles. The first kappa shape index (κ1) is 14.7. The molecular formula is C15H14BrFN2O. The molecule has 0 spiro atoms. The van der Waals surface area contributed by atoms with Crippen LogP contribution in [-0.4, -0.2) is 13.0 Å². The molecule has 2 rings (SSSR count). The summed E-state index contributed by atoms with van der Waals surface area (Å²) in [5.74, 6) is -1.02. The summed E-state index contributed by atoms with van der Waals surface area (Å²) in [5.41, 5.74) is 1.63. The highest BCUT2D eigenvalue weighted by Gasteiger charge is 2.14. The lowest BCUT2D eigenvalue weighted by Gasteiger charge is -2.11. The van der Waals surface area contributed by atoms with Crippen LogP contribution in [0.1, 0.15) is 15.9 Å². The van der Waals surface area contributed by atoms with Crippen molar-refractivity contribution in [3.8, 4) is 0 Å². The van der Waals surface area contributed by atoms with Gasteiger partial charge in [-0.3, -0.25) is 4.79 Å². The Kier molecular flexibility index (Phi) is 4.87. The summed E-state index contributed by atoms with van der Waals surface area (Å²) in [6, 6.07) is 12.1. The maximum absolute atomic E-state index is 13.9. The number of rotatable bonds is 4. The fraction of sp³-hybridized carbons (Fsp3) is 0.133. The van der Waals surface area contributed by atoms with Gasteiger partial charge < -0.3 is 10.6 Å². The Hall–Kier alpha value is -1.72. The molecule has 0 aliphatic heterocycles. The summed E-state index contributed by atoms with van der Waals surface area (Å²) in [7, 11) is 1.83. The molecule has 0 atom stereocenters. The molecule has 104 valence electrons. The van der Waals surface area contributed by atoms with Crippen LogP contribution in [0, 0.1) is 5.82 Å². The molecule has 0 fully saturated rings. The Morgan fingerprint density at radius 1 is 1.20 bits per heavy atom. The van der Waals surface area contributed by atoms with Crippen LogP contribution in [0.5, 0.6) is 0 Å². The highest BCUT2D eigenvalue weighted by Crippen LogP contribution is 2.21. The molecule has 0 unspecified atom stereocenters. The molecule has 0 aliphatic carbocycles. The van der Waals surface area contributed by atoms with Gasteiger partial charge in [0.25, 0.3) is 5.91 Å². The van der Waals surface area contributed by atoms with Crippen molar-refractivity contribution in [2.75, 3.05) is 12.4 Å². The SMILES string of the molecule is CNCc1ccccc1NC(=O)c1cccc(Br)c1F. The van der Waals surface area contributed by atoms with Crippen LogP contribution in [0.4, 0.5) is 10.1 Å². The Bertz CT molecular complexity index is 631. The number of para-hydroxylation sites is 1. The highest BCUT2D eigenvalue weighted by atomic mass is 79.9. The largest absolute Gasteiger partial charge is 0.322 e. The summed E-state index contributed by atoms with van der Waals surface area (Å²) in [5, 5.41) is 5.76. The minimum Gasteiger partial charge on any atom is -0.322 e. The van der Waals surface area contributed by atoms with Crippen LogP contribution >= 0.6 is 15.9 Å². The van der Waals surface area contributed by atoms with Gasteiger partial charge in [-0.1, -0.05) is 24.3 Å². The van der Waals surface area contributed by atoms with Crippen LogP contribution in [0.25, 0.3) is 0 Å². The first-order valence-corrected chi connectivity index (χ1v) is 6.90.